The third-order valence-electron chi connectivity index (χ3n) is 5.71. The van der Waals surface area contributed by atoms with E-state index >= 15 is 0 Å². The number of carboxylic acids is 1. The summed E-state index contributed by atoms with van der Waals surface area (Å²) in [6, 6.07) is 7.46. The van der Waals surface area contributed by atoms with Gasteiger partial charge in [-0.2, -0.15) is 13.2 Å². The summed E-state index contributed by atoms with van der Waals surface area (Å²) in [4.78, 5) is 24.8. The number of halogens is 6. The average Bonchev–Trinajstić information content (AvgIpc) is 2.73. The van der Waals surface area contributed by atoms with Crippen LogP contribution < -0.4 is 10.6 Å². The van der Waals surface area contributed by atoms with E-state index in [1.807, 2.05) is 5.32 Å². The number of carboxylic acid groups (broad SMARTS) is 1. The molecule has 33 heavy (non-hydrogen) atoms. The molecule has 0 saturated heterocycles. The molecule has 11 heteroatoms. The van der Waals surface area contributed by atoms with Gasteiger partial charge in [0, 0.05) is 31.5 Å². The second-order valence-electron chi connectivity index (χ2n) is 7.89. The predicted molar refractivity (Wildman–Crippen MR) is 108 cm³/mol. The van der Waals surface area contributed by atoms with Gasteiger partial charge in [0.15, 0.2) is 0 Å². The van der Waals surface area contributed by atoms with Crippen LogP contribution in [-0.2, 0) is 15.8 Å². The number of hydrogen-bond donors (Lipinski definition) is 3. The Morgan fingerprint density at radius 1 is 1.06 bits per heavy atom. The molecule has 0 bridgehead atoms. The van der Waals surface area contributed by atoms with Crippen LogP contribution in [0.1, 0.15) is 29.9 Å². The second kappa shape index (κ2) is 8.95. The molecule has 0 radical (unpaired) electrons. The van der Waals surface area contributed by atoms with Gasteiger partial charge in [0.25, 0.3) is 0 Å². The van der Waals surface area contributed by atoms with Gasteiger partial charge in [-0.3, -0.25) is 9.59 Å². The van der Waals surface area contributed by atoms with Crippen LogP contribution in [0.4, 0.5) is 37.7 Å². The molecule has 1 aliphatic rings. The van der Waals surface area contributed by atoms with E-state index in [-0.39, 0.29) is 6.07 Å². The minimum Gasteiger partial charge on any atom is -0.481 e. The Morgan fingerprint density at radius 3 is 2.21 bits per heavy atom. The SMILES string of the molecule is CNc1ccc([C@H]2CC(F)(F)C[C@@H](C(=O)Nc3ccc(C(F)(F)F)cc3F)[C@@H]2C(=O)O)cc1. The zero-order valence-corrected chi connectivity index (χ0v) is 17.2. The van der Waals surface area contributed by atoms with Crippen molar-refractivity contribution in [3.63, 3.8) is 0 Å². The number of benzene rings is 2. The molecule has 1 saturated carbocycles. The Bertz CT molecular complexity index is 1040. The molecule has 0 unspecified atom stereocenters. The average molecular weight is 474 g/mol. The number of rotatable bonds is 5. The minimum absolute atomic E-state index is 0.159. The minimum atomic E-state index is -4.82. The molecule has 0 heterocycles. The summed E-state index contributed by atoms with van der Waals surface area (Å²) in [6.07, 6.45) is -6.72. The fourth-order valence-corrected chi connectivity index (χ4v) is 4.10. The molecule has 3 rings (SSSR count). The molecule has 0 spiro atoms. The first kappa shape index (κ1) is 24.4. The van der Waals surface area contributed by atoms with E-state index in [9.17, 15) is 41.0 Å². The van der Waals surface area contributed by atoms with Crippen LogP contribution in [0.5, 0.6) is 0 Å². The fourth-order valence-electron chi connectivity index (χ4n) is 4.10. The smallest absolute Gasteiger partial charge is 0.416 e. The van der Waals surface area contributed by atoms with Gasteiger partial charge in [-0.1, -0.05) is 12.1 Å². The molecule has 1 fully saturated rings. The van der Waals surface area contributed by atoms with Crippen LogP contribution in [0.15, 0.2) is 42.5 Å². The predicted octanol–water partition coefficient (Wildman–Crippen LogP) is 5.35. The highest BCUT2D eigenvalue weighted by molar-refractivity contribution is 5.95. The van der Waals surface area contributed by atoms with Gasteiger partial charge in [0.2, 0.25) is 11.8 Å². The van der Waals surface area contributed by atoms with Crippen LogP contribution in [0, 0.1) is 17.7 Å². The number of carbonyl (C=O) groups is 2. The lowest BCUT2D eigenvalue weighted by atomic mass is 9.67. The number of alkyl halides is 5. The first-order chi connectivity index (χ1) is 15.3. The highest BCUT2D eigenvalue weighted by Crippen LogP contribution is 2.49. The Morgan fingerprint density at radius 2 is 1.70 bits per heavy atom. The Hall–Kier alpha value is -3.24. The molecular formula is C22H20F6N2O3. The van der Waals surface area contributed by atoms with E-state index in [0.29, 0.717) is 23.4 Å². The lowest BCUT2D eigenvalue weighted by molar-refractivity contribution is -0.157. The molecule has 3 atom stereocenters. The van der Waals surface area contributed by atoms with E-state index in [0.717, 1.165) is 0 Å². The third kappa shape index (κ3) is 5.40. The largest absolute Gasteiger partial charge is 0.481 e. The third-order valence-corrected chi connectivity index (χ3v) is 5.71. The van der Waals surface area contributed by atoms with Crippen molar-refractivity contribution < 1.29 is 41.0 Å². The van der Waals surface area contributed by atoms with Gasteiger partial charge in [-0.15, -0.1) is 0 Å². The molecule has 3 N–H and O–H groups in total. The Balaban J connectivity index is 1.92. The van der Waals surface area contributed by atoms with E-state index in [1.54, 1.807) is 19.2 Å². The summed E-state index contributed by atoms with van der Waals surface area (Å²) in [5.41, 5.74) is -1.00. The topological polar surface area (TPSA) is 78.4 Å². The van der Waals surface area contributed by atoms with Gasteiger partial charge in [-0.05, 0) is 35.9 Å². The standard InChI is InChI=1S/C22H20F6N2O3/c1-29-13-5-2-11(3-6-13)14-9-21(24,25)10-15(18(14)20(32)33)19(31)30-17-7-4-12(8-16(17)23)22(26,27)28/h2-8,14-15,18,29H,9-10H2,1H3,(H,30,31)(H,32,33)/t14-,15-,18-/m1/s1. The number of carbonyl (C=O) groups excluding carboxylic acids is 1. The molecule has 1 amide bonds. The second-order valence-corrected chi connectivity index (χ2v) is 7.89. The Kier molecular flexibility index (Phi) is 6.62. The van der Waals surface area contributed by atoms with Gasteiger partial charge in [0.05, 0.1) is 23.1 Å². The molecule has 178 valence electrons. The van der Waals surface area contributed by atoms with Crippen molar-refractivity contribution in [2.75, 3.05) is 17.7 Å². The van der Waals surface area contributed by atoms with Crippen LogP contribution in [0.25, 0.3) is 0 Å². The lowest BCUT2D eigenvalue weighted by Gasteiger charge is -2.39. The maximum atomic E-state index is 14.6. The summed E-state index contributed by atoms with van der Waals surface area (Å²) in [6.45, 7) is 0. The van der Waals surface area contributed by atoms with Crippen molar-refractivity contribution in [1.82, 2.24) is 0 Å². The highest BCUT2D eigenvalue weighted by atomic mass is 19.4. The number of nitrogens with one attached hydrogen (secondary N) is 2. The zero-order valence-electron chi connectivity index (χ0n) is 17.2. The van der Waals surface area contributed by atoms with Gasteiger partial charge < -0.3 is 15.7 Å². The first-order valence-corrected chi connectivity index (χ1v) is 9.88. The fraction of sp³-hybridized carbons (Fsp3) is 0.364. The normalized spacial score (nSPS) is 22.5. The van der Waals surface area contributed by atoms with Crippen molar-refractivity contribution in [3.8, 4) is 0 Å². The number of hydrogen-bond acceptors (Lipinski definition) is 3. The van der Waals surface area contributed by atoms with Gasteiger partial charge in [-0.25, -0.2) is 13.2 Å². The van der Waals surface area contributed by atoms with Crippen molar-refractivity contribution >= 4 is 23.3 Å². The molecule has 2 aromatic carbocycles. The maximum absolute atomic E-state index is 14.6. The summed E-state index contributed by atoms with van der Waals surface area (Å²) in [5.74, 6) is -12.0. The summed E-state index contributed by atoms with van der Waals surface area (Å²) < 4.78 is 81.4. The van der Waals surface area contributed by atoms with E-state index in [1.165, 1.54) is 12.1 Å². The van der Waals surface area contributed by atoms with Crippen molar-refractivity contribution in [3.05, 3.63) is 59.4 Å². The van der Waals surface area contributed by atoms with Gasteiger partial charge >= 0.3 is 12.1 Å². The summed E-state index contributed by atoms with van der Waals surface area (Å²) >= 11 is 0. The molecule has 0 aliphatic heterocycles. The monoisotopic (exact) mass is 474 g/mol. The first-order valence-electron chi connectivity index (χ1n) is 9.88. The molecule has 5 nitrogen and oxygen atoms in total. The van der Waals surface area contributed by atoms with Gasteiger partial charge in [0.1, 0.15) is 5.82 Å². The van der Waals surface area contributed by atoms with Crippen LogP contribution >= 0.6 is 0 Å². The summed E-state index contributed by atoms with van der Waals surface area (Å²) in [5, 5.41) is 14.6. The van der Waals surface area contributed by atoms with Crippen LogP contribution in [0.2, 0.25) is 0 Å². The molecular weight excluding hydrogens is 454 g/mol. The number of amides is 1. The van der Waals surface area contributed by atoms with E-state index in [2.05, 4.69) is 5.32 Å². The van der Waals surface area contributed by atoms with Crippen LogP contribution in [-0.4, -0.2) is 30.0 Å². The summed E-state index contributed by atoms with van der Waals surface area (Å²) in [7, 11) is 1.64. The Labute approximate surface area is 184 Å². The van der Waals surface area contributed by atoms with Crippen molar-refractivity contribution in [2.45, 2.75) is 30.9 Å². The quantitative estimate of drug-likeness (QED) is 0.511. The van der Waals surface area contributed by atoms with E-state index in [4.69, 9.17) is 0 Å². The molecule has 2 aromatic rings. The maximum Gasteiger partial charge on any atom is 0.416 e. The van der Waals surface area contributed by atoms with Crippen LogP contribution in [0.3, 0.4) is 0 Å². The molecule has 1 aliphatic carbocycles. The molecule has 0 aromatic heterocycles. The zero-order chi connectivity index (χ0) is 24.6. The lowest BCUT2D eigenvalue weighted by Crippen LogP contribution is -2.46. The van der Waals surface area contributed by atoms with Crippen molar-refractivity contribution in [1.29, 1.82) is 0 Å². The number of aliphatic carboxylic acids is 1. The van der Waals surface area contributed by atoms with Crippen molar-refractivity contribution in [2.24, 2.45) is 11.8 Å². The van der Waals surface area contributed by atoms with E-state index < -0.39 is 71.6 Å². The number of anilines is 2. The highest BCUT2D eigenvalue weighted by Gasteiger charge is 2.53.